The van der Waals surface area contributed by atoms with Crippen LogP contribution in [0.15, 0.2) is 24.3 Å². The van der Waals surface area contributed by atoms with Crippen LogP contribution in [0.5, 0.6) is 0 Å². The van der Waals surface area contributed by atoms with Gasteiger partial charge in [0.1, 0.15) is 24.4 Å². The Bertz CT molecular complexity index is 1430. The Hall–Kier alpha value is -1.86. The molecule has 0 aromatic carbocycles. The number of amides is 1. The molecular formula is C72H137NO10. The van der Waals surface area contributed by atoms with Crippen LogP contribution in [0, 0.1) is 0 Å². The minimum Gasteiger partial charge on any atom is -0.466 e. The van der Waals surface area contributed by atoms with E-state index in [0.29, 0.717) is 19.4 Å². The molecule has 1 fully saturated rings. The molecule has 1 amide bonds. The van der Waals surface area contributed by atoms with Gasteiger partial charge in [-0.15, -0.1) is 0 Å². The van der Waals surface area contributed by atoms with Crippen LogP contribution in [0.4, 0.5) is 0 Å². The molecule has 1 aliphatic rings. The predicted octanol–water partition coefficient (Wildman–Crippen LogP) is 18.4. The van der Waals surface area contributed by atoms with E-state index in [1.165, 1.54) is 276 Å². The summed E-state index contributed by atoms with van der Waals surface area (Å²) in [5.74, 6) is -0.170. The van der Waals surface area contributed by atoms with Crippen LogP contribution in [0.3, 0.4) is 0 Å². The zero-order valence-electron chi connectivity index (χ0n) is 54.4. The molecule has 1 aliphatic heterocycles. The normalized spacial score (nSPS) is 18.2. The number of rotatable bonds is 64. The summed E-state index contributed by atoms with van der Waals surface area (Å²) in [6.45, 7) is 4.39. The van der Waals surface area contributed by atoms with Crippen LogP contribution in [-0.2, 0) is 23.8 Å². The van der Waals surface area contributed by atoms with Gasteiger partial charge < -0.3 is 45.1 Å². The first-order valence-electron chi connectivity index (χ1n) is 36.1. The van der Waals surface area contributed by atoms with Crippen molar-refractivity contribution in [3.05, 3.63) is 24.3 Å². The maximum absolute atomic E-state index is 13.1. The SMILES string of the molecule is CCCCCCCCCCCCCCC/C=C/C(O)C(COC1OC(CO)C(O)C(O)C1O)NC(=O)CCCCCCCCCCCCCCC/C=C\CCCCCCCCCCCCCCOC(=O)CCCCCCCCCCCCC. The fourth-order valence-corrected chi connectivity index (χ4v) is 11.6. The predicted molar refractivity (Wildman–Crippen MR) is 348 cm³/mol. The molecule has 7 atom stereocenters. The van der Waals surface area contributed by atoms with Crippen LogP contribution >= 0.6 is 0 Å². The first-order chi connectivity index (χ1) is 40.7. The quantitative estimate of drug-likeness (QED) is 0.0195. The van der Waals surface area contributed by atoms with E-state index in [-0.39, 0.29) is 18.5 Å². The molecule has 0 aromatic rings. The topological polar surface area (TPSA) is 175 Å². The van der Waals surface area contributed by atoms with Gasteiger partial charge in [0.25, 0.3) is 0 Å². The number of unbranched alkanes of at least 4 members (excludes halogenated alkanes) is 48. The van der Waals surface area contributed by atoms with Gasteiger partial charge in [-0.1, -0.05) is 314 Å². The Morgan fingerprint density at radius 1 is 0.434 bits per heavy atom. The van der Waals surface area contributed by atoms with Gasteiger partial charge in [0.2, 0.25) is 5.91 Å². The largest absolute Gasteiger partial charge is 0.466 e. The molecule has 6 N–H and O–H groups in total. The Labute approximate surface area is 511 Å². The van der Waals surface area contributed by atoms with Crippen LogP contribution < -0.4 is 5.32 Å². The number of carbonyl (C=O) groups is 2. The third-order valence-corrected chi connectivity index (χ3v) is 17.3. The standard InChI is InChI=1S/C72H137NO10/c1-3-5-7-9-11-13-15-16-32-35-39-42-46-50-54-58-65(75)64(63-82-72-71(80)70(79)69(78)66(62-74)83-72)73-67(76)59-55-51-47-43-40-36-33-30-28-26-24-22-20-18-17-19-21-23-25-27-29-31-34-37-41-45-49-53-57-61-81-68(77)60-56-52-48-44-38-14-12-10-8-6-4-2/h17,19,54,58,64-66,69-72,74-75,78-80H,3-16,18,20-53,55-57,59-63H2,1-2H3,(H,73,76)/b19-17-,58-54+. The summed E-state index contributed by atoms with van der Waals surface area (Å²) in [5.41, 5.74) is 0. The second-order valence-electron chi connectivity index (χ2n) is 25.3. The van der Waals surface area contributed by atoms with Crippen molar-refractivity contribution in [2.24, 2.45) is 0 Å². The Balaban J connectivity index is 2.00. The number of carbonyl (C=O) groups excluding carboxylic acids is 2. The van der Waals surface area contributed by atoms with Crippen molar-refractivity contribution in [1.29, 1.82) is 0 Å². The second kappa shape index (κ2) is 61.8. The molecule has 1 rings (SSSR count). The summed E-state index contributed by atoms with van der Waals surface area (Å²) < 4.78 is 16.8. The van der Waals surface area contributed by atoms with Crippen molar-refractivity contribution in [3.8, 4) is 0 Å². The Morgan fingerprint density at radius 3 is 1.16 bits per heavy atom. The maximum Gasteiger partial charge on any atom is 0.305 e. The van der Waals surface area contributed by atoms with Gasteiger partial charge in [0, 0.05) is 12.8 Å². The highest BCUT2D eigenvalue weighted by Crippen LogP contribution is 2.23. The van der Waals surface area contributed by atoms with Crippen LogP contribution in [-0.4, -0.2) is 100 Å². The molecule has 11 heteroatoms. The number of esters is 1. The highest BCUT2D eigenvalue weighted by atomic mass is 16.7. The molecule has 0 radical (unpaired) electrons. The third-order valence-electron chi connectivity index (χ3n) is 17.3. The number of allylic oxidation sites excluding steroid dienone is 3. The van der Waals surface area contributed by atoms with Crippen LogP contribution in [0.25, 0.3) is 0 Å². The molecule has 0 spiro atoms. The molecule has 0 aliphatic carbocycles. The highest BCUT2D eigenvalue weighted by molar-refractivity contribution is 5.76. The lowest BCUT2D eigenvalue weighted by molar-refractivity contribution is -0.302. The molecule has 83 heavy (non-hydrogen) atoms. The average Bonchev–Trinajstić information content (AvgIpc) is 3.51. The minimum atomic E-state index is -1.57. The Morgan fingerprint density at radius 2 is 0.771 bits per heavy atom. The van der Waals surface area contributed by atoms with Gasteiger partial charge in [-0.3, -0.25) is 9.59 Å². The molecule has 0 bridgehead atoms. The van der Waals surface area contributed by atoms with Gasteiger partial charge in [-0.2, -0.15) is 0 Å². The molecule has 11 nitrogen and oxygen atoms in total. The zero-order chi connectivity index (χ0) is 60.2. The van der Waals surface area contributed by atoms with Crippen molar-refractivity contribution in [2.45, 2.75) is 403 Å². The van der Waals surface area contributed by atoms with Crippen molar-refractivity contribution < 1.29 is 49.3 Å². The average molecular weight is 1180 g/mol. The molecule has 1 heterocycles. The van der Waals surface area contributed by atoms with Crippen LogP contribution in [0.1, 0.15) is 361 Å². The van der Waals surface area contributed by atoms with E-state index in [9.17, 15) is 35.1 Å². The van der Waals surface area contributed by atoms with E-state index in [1.807, 2.05) is 6.08 Å². The lowest BCUT2D eigenvalue weighted by Gasteiger charge is -2.40. The number of hydrogen-bond donors (Lipinski definition) is 6. The van der Waals surface area contributed by atoms with Gasteiger partial charge in [0.05, 0.1) is 32.0 Å². The summed E-state index contributed by atoms with van der Waals surface area (Å²) in [5, 5.41) is 54.6. The minimum absolute atomic E-state index is 0.00812. The summed E-state index contributed by atoms with van der Waals surface area (Å²) in [6.07, 6.45) is 67.3. The van der Waals surface area contributed by atoms with E-state index in [4.69, 9.17) is 14.2 Å². The van der Waals surface area contributed by atoms with Crippen molar-refractivity contribution in [2.75, 3.05) is 19.8 Å². The van der Waals surface area contributed by atoms with Crippen LogP contribution in [0.2, 0.25) is 0 Å². The van der Waals surface area contributed by atoms with Crippen molar-refractivity contribution >= 4 is 11.9 Å². The van der Waals surface area contributed by atoms with Gasteiger partial charge >= 0.3 is 5.97 Å². The molecular weight excluding hydrogens is 1040 g/mol. The number of hydrogen-bond acceptors (Lipinski definition) is 10. The van der Waals surface area contributed by atoms with Gasteiger partial charge in [-0.05, 0) is 57.8 Å². The monoisotopic (exact) mass is 1180 g/mol. The van der Waals surface area contributed by atoms with E-state index in [0.717, 1.165) is 57.8 Å². The highest BCUT2D eigenvalue weighted by Gasteiger charge is 2.44. The third kappa shape index (κ3) is 50.8. The maximum atomic E-state index is 13.1. The Kier molecular flexibility index (Phi) is 58.9. The van der Waals surface area contributed by atoms with Gasteiger partial charge in [0.15, 0.2) is 6.29 Å². The van der Waals surface area contributed by atoms with E-state index < -0.39 is 49.5 Å². The smallest absolute Gasteiger partial charge is 0.305 e. The van der Waals surface area contributed by atoms with Crippen molar-refractivity contribution in [1.82, 2.24) is 5.32 Å². The molecule has 0 saturated carbocycles. The number of nitrogens with one attached hydrogen (secondary N) is 1. The first-order valence-corrected chi connectivity index (χ1v) is 36.1. The lowest BCUT2D eigenvalue weighted by atomic mass is 9.99. The summed E-state index contributed by atoms with van der Waals surface area (Å²) >= 11 is 0. The molecule has 1 saturated heterocycles. The first kappa shape index (κ1) is 79.2. The number of aliphatic hydroxyl groups excluding tert-OH is 5. The summed E-state index contributed by atoms with van der Waals surface area (Å²) in [6, 6.07) is -0.809. The zero-order valence-corrected chi connectivity index (χ0v) is 54.4. The van der Waals surface area contributed by atoms with E-state index >= 15 is 0 Å². The lowest BCUT2D eigenvalue weighted by Crippen LogP contribution is -2.60. The molecule has 0 aromatic heterocycles. The van der Waals surface area contributed by atoms with Gasteiger partial charge in [-0.25, -0.2) is 0 Å². The summed E-state index contributed by atoms with van der Waals surface area (Å²) in [4.78, 5) is 25.1. The number of aliphatic hydroxyl groups is 5. The fourth-order valence-electron chi connectivity index (χ4n) is 11.6. The van der Waals surface area contributed by atoms with E-state index in [1.54, 1.807) is 6.08 Å². The number of ether oxygens (including phenoxy) is 3. The summed E-state index contributed by atoms with van der Waals surface area (Å²) in [7, 11) is 0. The molecule has 7 unspecified atom stereocenters. The molecule has 490 valence electrons. The van der Waals surface area contributed by atoms with E-state index in [2.05, 4.69) is 31.3 Å². The second-order valence-corrected chi connectivity index (χ2v) is 25.3. The fraction of sp³-hybridized carbons (Fsp3) is 0.917. The van der Waals surface area contributed by atoms with Crippen molar-refractivity contribution in [3.63, 3.8) is 0 Å².